The Bertz CT molecular complexity index is 1270. The van der Waals surface area contributed by atoms with E-state index < -0.39 is 28.5 Å². The van der Waals surface area contributed by atoms with Crippen LogP contribution in [0.3, 0.4) is 0 Å². The third-order valence-corrected chi connectivity index (χ3v) is 8.41. The van der Waals surface area contributed by atoms with Gasteiger partial charge in [0.2, 0.25) is 21.8 Å². The first-order chi connectivity index (χ1) is 17.9. The lowest BCUT2D eigenvalue weighted by Crippen LogP contribution is -2.52. The van der Waals surface area contributed by atoms with Crippen molar-refractivity contribution in [2.75, 3.05) is 31.3 Å². The second kappa shape index (κ2) is 12.9. The Morgan fingerprint density at radius 2 is 1.74 bits per heavy atom. The van der Waals surface area contributed by atoms with Crippen LogP contribution in [0.1, 0.15) is 38.2 Å². The van der Waals surface area contributed by atoms with E-state index in [4.69, 9.17) is 32.7 Å². The standard InChI is InChI=1S/C26H33Cl2N3O6S/c1-17(26(33)29-19-7-5-6-8-19)30(15-18-9-11-21(27)22(28)13-18)25(32)16-31(38(4,34)35)23-12-10-20(36-2)14-24(23)37-3/h9-14,17,19H,5-8,15-16H2,1-4H3,(H,29,33)/t17-/m0/s1. The maximum atomic E-state index is 13.8. The number of carbonyl (C=O) groups is 2. The van der Waals surface area contributed by atoms with E-state index in [1.807, 2.05) is 0 Å². The smallest absolute Gasteiger partial charge is 0.244 e. The highest BCUT2D eigenvalue weighted by atomic mass is 35.5. The molecule has 208 valence electrons. The van der Waals surface area contributed by atoms with Crippen molar-refractivity contribution in [2.45, 2.75) is 51.2 Å². The summed E-state index contributed by atoms with van der Waals surface area (Å²) in [6, 6.07) is 8.72. The Labute approximate surface area is 234 Å². The Kier molecular flexibility index (Phi) is 10.1. The van der Waals surface area contributed by atoms with E-state index in [9.17, 15) is 18.0 Å². The van der Waals surface area contributed by atoms with Gasteiger partial charge in [0.25, 0.3) is 0 Å². The molecule has 38 heavy (non-hydrogen) atoms. The van der Waals surface area contributed by atoms with Crippen LogP contribution >= 0.6 is 23.2 Å². The highest BCUT2D eigenvalue weighted by Crippen LogP contribution is 2.34. The first-order valence-corrected chi connectivity index (χ1v) is 14.8. The first-order valence-electron chi connectivity index (χ1n) is 12.2. The predicted octanol–water partition coefficient (Wildman–Crippen LogP) is 4.25. The molecule has 12 heteroatoms. The fourth-order valence-corrected chi connectivity index (χ4v) is 5.57. The van der Waals surface area contributed by atoms with Crippen LogP contribution in [-0.4, -0.2) is 64.2 Å². The van der Waals surface area contributed by atoms with Crippen molar-refractivity contribution >= 4 is 50.7 Å². The fourth-order valence-electron chi connectivity index (χ4n) is 4.39. The van der Waals surface area contributed by atoms with Gasteiger partial charge >= 0.3 is 0 Å². The fraction of sp³-hybridized carbons (Fsp3) is 0.462. The minimum atomic E-state index is -3.92. The Hall–Kier alpha value is -2.69. The molecule has 2 aromatic carbocycles. The van der Waals surface area contributed by atoms with Crippen LogP contribution in [0.4, 0.5) is 5.69 Å². The van der Waals surface area contributed by atoms with E-state index in [0.717, 1.165) is 36.2 Å². The van der Waals surface area contributed by atoms with Gasteiger partial charge in [-0.2, -0.15) is 0 Å². The molecule has 3 rings (SSSR count). The van der Waals surface area contributed by atoms with Gasteiger partial charge in [-0.15, -0.1) is 0 Å². The number of sulfonamides is 1. The summed E-state index contributed by atoms with van der Waals surface area (Å²) in [5, 5.41) is 3.68. The maximum Gasteiger partial charge on any atom is 0.244 e. The van der Waals surface area contributed by atoms with Gasteiger partial charge in [0, 0.05) is 18.7 Å². The molecule has 1 saturated carbocycles. The number of nitrogens with one attached hydrogen (secondary N) is 1. The summed E-state index contributed by atoms with van der Waals surface area (Å²) in [5.41, 5.74) is 0.808. The SMILES string of the molecule is COc1ccc(N(CC(=O)N(Cc2ccc(Cl)c(Cl)c2)[C@@H](C)C(=O)NC2CCCC2)S(C)(=O)=O)c(OC)c1. The third kappa shape index (κ3) is 7.45. The van der Waals surface area contributed by atoms with Gasteiger partial charge in [-0.3, -0.25) is 13.9 Å². The molecule has 1 N–H and O–H groups in total. The zero-order valence-electron chi connectivity index (χ0n) is 21.9. The molecular weight excluding hydrogens is 553 g/mol. The molecule has 0 aromatic heterocycles. The molecule has 0 aliphatic heterocycles. The molecule has 1 aliphatic rings. The number of anilines is 1. The number of nitrogens with zero attached hydrogens (tertiary/aromatic N) is 2. The zero-order valence-corrected chi connectivity index (χ0v) is 24.2. The first kappa shape index (κ1) is 29.9. The number of hydrogen-bond donors (Lipinski definition) is 1. The van der Waals surface area contributed by atoms with Gasteiger partial charge in [0.1, 0.15) is 24.1 Å². The predicted molar refractivity (Wildman–Crippen MR) is 149 cm³/mol. The van der Waals surface area contributed by atoms with Crippen LogP contribution in [-0.2, 0) is 26.2 Å². The summed E-state index contributed by atoms with van der Waals surface area (Å²) in [7, 11) is -1.05. The average molecular weight is 587 g/mol. The normalized spacial score (nSPS) is 14.6. The number of methoxy groups -OCH3 is 2. The molecular formula is C26H33Cl2N3O6S. The van der Waals surface area contributed by atoms with Crippen molar-refractivity contribution in [2.24, 2.45) is 0 Å². The van der Waals surface area contributed by atoms with Gasteiger partial charge < -0.3 is 19.7 Å². The largest absolute Gasteiger partial charge is 0.497 e. The molecule has 2 aromatic rings. The van der Waals surface area contributed by atoms with Crippen LogP contribution in [0.15, 0.2) is 36.4 Å². The Morgan fingerprint density at radius 3 is 2.32 bits per heavy atom. The van der Waals surface area contributed by atoms with E-state index in [1.54, 1.807) is 31.2 Å². The average Bonchev–Trinajstić information content (AvgIpc) is 3.39. The summed E-state index contributed by atoms with van der Waals surface area (Å²) >= 11 is 12.2. The molecule has 2 amide bonds. The summed E-state index contributed by atoms with van der Waals surface area (Å²) in [6.45, 7) is 1.09. The topological polar surface area (TPSA) is 105 Å². The number of halogens is 2. The number of benzene rings is 2. The van der Waals surface area contributed by atoms with Crippen LogP contribution in [0.2, 0.25) is 10.0 Å². The van der Waals surface area contributed by atoms with Crippen molar-refractivity contribution in [1.29, 1.82) is 0 Å². The third-order valence-electron chi connectivity index (χ3n) is 6.54. The minimum Gasteiger partial charge on any atom is -0.497 e. The lowest BCUT2D eigenvalue weighted by atomic mass is 10.1. The molecule has 0 radical (unpaired) electrons. The monoisotopic (exact) mass is 585 g/mol. The van der Waals surface area contributed by atoms with Crippen molar-refractivity contribution < 1.29 is 27.5 Å². The molecule has 0 saturated heterocycles. The van der Waals surface area contributed by atoms with Gasteiger partial charge in [0.15, 0.2) is 0 Å². The molecule has 1 aliphatic carbocycles. The Balaban J connectivity index is 1.94. The maximum absolute atomic E-state index is 13.8. The van der Waals surface area contributed by atoms with E-state index in [0.29, 0.717) is 21.4 Å². The summed E-state index contributed by atoms with van der Waals surface area (Å²) in [5.74, 6) is -0.207. The zero-order chi connectivity index (χ0) is 28.0. The van der Waals surface area contributed by atoms with Crippen LogP contribution in [0.25, 0.3) is 0 Å². The van der Waals surface area contributed by atoms with Gasteiger partial charge in [-0.05, 0) is 49.6 Å². The van der Waals surface area contributed by atoms with E-state index >= 15 is 0 Å². The number of rotatable bonds is 11. The number of hydrogen-bond acceptors (Lipinski definition) is 6. The quantitative estimate of drug-likeness (QED) is 0.422. The molecule has 0 unspecified atom stereocenters. The van der Waals surface area contributed by atoms with Gasteiger partial charge in [-0.1, -0.05) is 42.1 Å². The highest BCUT2D eigenvalue weighted by Gasteiger charge is 2.32. The van der Waals surface area contributed by atoms with Crippen LogP contribution in [0.5, 0.6) is 11.5 Å². The second-order valence-electron chi connectivity index (χ2n) is 9.24. The second-order valence-corrected chi connectivity index (χ2v) is 12.0. The highest BCUT2D eigenvalue weighted by molar-refractivity contribution is 7.92. The lowest BCUT2D eigenvalue weighted by molar-refractivity contribution is -0.139. The van der Waals surface area contributed by atoms with Crippen LogP contribution < -0.4 is 19.1 Å². The molecule has 1 fully saturated rings. The number of ether oxygens (including phenoxy) is 2. The molecule has 0 heterocycles. The van der Waals surface area contributed by atoms with Crippen LogP contribution in [0, 0.1) is 0 Å². The van der Waals surface area contributed by atoms with Gasteiger partial charge in [0.05, 0.1) is 36.2 Å². The number of carbonyl (C=O) groups excluding carboxylic acids is 2. The summed E-state index contributed by atoms with van der Waals surface area (Å²) < 4.78 is 37.2. The lowest BCUT2D eigenvalue weighted by Gasteiger charge is -2.32. The minimum absolute atomic E-state index is 0.0202. The van der Waals surface area contributed by atoms with Crippen molar-refractivity contribution in [1.82, 2.24) is 10.2 Å². The summed E-state index contributed by atoms with van der Waals surface area (Å²) in [4.78, 5) is 28.3. The molecule has 0 spiro atoms. The van der Waals surface area contributed by atoms with Crippen molar-refractivity contribution in [3.8, 4) is 11.5 Å². The van der Waals surface area contributed by atoms with E-state index in [2.05, 4.69) is 5.32 Å². The number of amides is 2. The van der Waals surface area contributed by atoms with Crippen molar-refractivity contribution in [3.63, 3.8) is 0 Å². The van der Waals surface area contributed by atoms with Gasteiger partial charge in [-0.25, -0.2) is 8.42 Å². The van der Waals surface area contributed by atoms with E-state index in [-0.39, 0.29) is 29.9 Å². The Morgan fingerprint density at radius 1 is 1.05 bits per heavy atom. The molecule has 1 atom stereocenters. The molecule has 9 nitrogen and oxygen atoms in total. The van der Waals surface area contributed by atoms with Crippen molar-refractivity contribution in [3.05, 3.63) is 52.0 Å². The summed E-state index contributed by atoms with van der Waals surface area (Å²) in [6.07, 6.45) is 4.86. The van der Waals surface area contributed by atoms with E-state index in [1.165, 1.54) is 31.3 Å². The molecule has 0 bridgehead atoms.